The minimum absolute atomic E-state index is 0.0245. The molecule has 0 atom stereocenters. The maximum atomic E-state index is 11.4. The molecule has 19 heavy (non-hydrogen) atoms. The zero-order chi connectivity index (χ0) is 14.4. The van der Waals surface area contributed by atoms with E-state index in [2.05, 4.69) is 9.97 Å². The van der Waals surface area contributed by atoms with Crippen molar-refractivity contribution in [1.29, 1.82) is 0 Å². The smallest absolute Gasteiger partial charge is 0.179 e. The average Bonchev–Trinajstić information content (AvgIpc) is 2.86. The number of hydrogen-bond acceptors (Lipinski definition) is 4. The maximum absolute atomic E-state index is 11.4. The minimum Gasteiger partial charge on any atom is -0.293 e. The first-order chi connectivity index (χ1) is 9.11. The highest BCUT2D eigenvalue weighted by Crippen LogP contribution is 2.27. The van der Waals surface area contributed by atoms with Gasteiger partial charge in [0.05, 0.1) is 5.69 Å². The molecule has 0 aliphatic heterocycles. The third kappa shape index (κ3) is 3.70. The summed E-state index contributed by atoms with van der Waals surface area (Å²) in [6.07, 6.45) is 2.65. The summed E-state index contributed by atoms with van der Waals surface area (Å²) in [5.74, 6) is 0.0245. The van der Waals surface area contributed by atoms with Gasteiger partial charge < -0.3 is 0 Å². The van der Waals surface area contributed by atoms with Gasteiger partial charge in [-0.05, 0) is 25.0 Å². The molecular formula is C15H20N2OS. The van der Waals surface area contributed by atoms with Crippen LogP contribution >= 0.6 is 11.3 Å². The maximum Gasteiger partial charge on any atom is 0.179 e. The monoisotopic (exact) mass is 276 g/mol. The Balaban J connectivity index is 0.000000861. The second-order valence-electron chi connectivity index (χ2n) is 3.92. The number of hydrogen-bond donors (Lipinski definition) is 0. The van der Waals surface area contributed by atoms with E-state index in [0.29, 0.717) is 5.69 Å². The molecular weight excluding hydrogens is 256 g/mol. The van der Waals surface area contributed by atoms with E-state index in [0.717, 1.165) is 27.6 Å². The number of pyridine rings is 1. The van der Waals surface area contributed by atoms with Crippen LogP contribution in [0, 0.1) is 6.92 Å². The Morgan fingerprint density at radius 2 is 2.00 bits per heavy atom. The van der Waals surface area contributed by atoms with Crippen LogP contribution in [0.25, 0.3) is 10.7 Å². The van der Waals surface area contributed by atoms with Crippen molar-refractivity contribution in [3.05, 3.63) is 34.5 Å². The van der Waals surface area contributed by atoms with Crippen molar-refractivity contribution in [3.63, 3.8) is 0 Å². The van der Waals surface area contributed by atoms with Crippen molar-refractivity contribution in [2.24, 2.45) is 0 Å². The van der Waals surface area contributed by atoms with Crippen LogP contribution in [0.4, 0.5) is 0 Å². The van der Waals surface area contributed by atoms with Crippen LogP contribution in [0.2, 0.25) is 0 Å². The lowest BCUT2D eigenvalue weighted by molar-refractivity contribution is 0.101. The first-order valence-electron chi connectivity index (χ1n) is 6.55. The molecule has 2 rings (SSSR count). The van der Waals surface area contributed by atoms with Gasteiger partial charge in [0.25, 0.3) is 0 Å². The van der Waals surface area contributed by atoms with Gasteiger partial charge in [0, 0.05) is 18.0 Å². The Labute approximate surface area is 118 Å². The topological polar surface area (TPSA) is 42.9 Å². The van der Waals surface area contributed by atoms with Crippen LogP contribution < -0.4 is 0 Å². The zero-order valence-corrected chi connectivity index (χ0v) is 13.0. The molecule has 0 amide bonds. The molecule has 2 aromatic heterocycles. The highest BCUT2D eigenvalue weighted by atomic mass is 32.1. The van der Waals surface area contributed by atoms with E-state index in [4.69, 9.17) is 0 Å². The highest BCUT2D eigenvalue weighted by Gasteiger charge is 2.15. The van der Waals surface area contributed by atoms with Crippen LogP contribution in [-0.2, 0) is 6.42 Å². The van der Waals surface area contributed by atoms with E-state index < -0.39 is 0 Å². The number of nitrogens with zero attached hydrogens (tertiary/aromatic N) is 2. The quantitative estimate of drug-likeness (QED) is 0.785. The molecule has 0 N–H and O–H groups in total. The molecule has 0 aliphatic rings. The van der Waals surface area contributed by atoms with Crippen LogP contribution in [-0.4, -0.2) is 15.8 Å². The molecule has 0 aliphatic carbocycles. The molecule has 0 saturated heterocycles. The van der Waals surface area contributed by atoms with E-state index >= 15 is 0 Å². The largest absolute Gasteiger partial charge is 0.293 e. The van der Waals surface area contributed by atoms with Gasteiger partial charge in [-0.1, -0.05) is 26.8 Å². The standard InChI is InChI=1S/C13H14N2OS.C2H6/c1-4-11-12(9(3)16)15-13(17-11)10-6-5-8(2)7-14-10;1-2/h5-7H,4H2,1-3H3;1-2H3. The predicted octanol–water partition coefficient (Wildman–Crippen LogP) is 4.30. The van der Waals surface area contributed by atoms with Crippen LogP contribution in [0.5, 0.6) is 0 Å². The van der Waals surface area contributed by atoms with E-state index in [1.807, 2.05) is 46.0 Å². The number of Topliss-reactive ketones (excluding diaryl/α,β-unsaturated/α-hetero) is 1. The number of aryl methyl sites for hydroxylation is 2. The van der Waals surface area contributed by atoms with Crippen LogP contribution in [0.1, 0.15) is 48.6 Å². The predicted molar refractivity (Wildman–Crippen MR) is 80.8 cm³/mol. The number of carbonyl (C=O) groups is 1. The van der Waals surface area contributed by atoms with Crippen LogP contribution in [0.3, 0.4) is 0 Å². The van der Waals surface area contributed by atoms with E-state index in [1.165, 1.54) is 0 Å². The molecule has 0 aromatic carbocycles. The first kappa shape index (κ1) is 15.5. The zero-order valence-electron chi connectivity index (χ0n) is 12.2. The number of carbonyl (C=O) groups excluding carboxylic acids is 1. The fourth-order valence-electron chi connectivity index (χ4n) is 1.57. The molecule has 2 heterocycles. The van der Waals surface area contributed by atoms with Gasteiger partial charge in [-0.15, -0.1) is 11.3 Å². The first-order valence-corrected chi connectivity index (χ1v) is 7.37. The van der Waals surface area contributed by atoms with Gasteiger partial charge in [0.15, 0.2) is 5.78 Å². The molecule has 0 radical (unpaired) electrons. The summed E-state index contributed by atoms with van der Waals surface area (Å²) in [7, 11) is 0. The number of thiazole rings is 1. The van der Waals surface area contributed by atoms with Gasteiger partial charge in [-0.2, -0.15) is 0 Å². The highest BCUT2D eigenvalue weighted by molar-refractivity contribution is 7.15. The lowest BCUT2D eigenvalue weighted by Gasteiger charge is -1.95. The summed E-state index contributed by atoms with van der Waals surface area (Å²) in [4.78, 5) is 21.2. The Morgan fingerprint density at radius 3 is 2.42 bits per heavy atom. The average molecular weight is 276 g/mol. The Hall–Kier alpha value is -1.55. The Bertz CT molecular complexity index is 544. The van der Waals surface area contributed by atoms with Gasteiger partial charge in [-0.3, -0.25) is 9.78 Å². The molecule has 0 unspecified atom stereocenters. The van der Waals surface area contributed by atoms with Crippen molar-refractivity contribution in [1.82, 2.24) is 9.97 Å². The van der Waals surface area contributed by atoms with Gasteiger partial charge in [0.1, 0.15) is 10.7 Å². The van der Waals surface area contributed by atoms with Gasteiger partial charge in [0.2, 0.25) is 0 Å². The number of rotatable bonds is 3. The molecule has 0 fully saturated rings. The summed E-state index contributed by atoms with van der Waals surface area (Å²) >= 11 is 1.55. The summed E-state index contributed by atoms with van der Waals surface area (Å²) in [5.41, 5.74) is 2.55. The SMILES string of the molecule is CC.CCc1sc(-c2ccc(C)cn2)nc1C(C)=O. The van der Waals surface area contributed by atoms with Crippen LogP contribution in [0.15, 0.2) is 18.3 Å². The normalized spacial score (nSPS) is 9.74. The molecule has 4 heteroatoms. The second-order valence-corrected chi connectivity index (χ2v) is 5.00. The molecule has 0 spiro atoms. The fourth-order valence-corrected chi connectivity index (χ4v) is 2.60. The third-order valence-corrected chi connectivity index (χ3v) is 3.70. The van der Waals surface area contributed by atoms with Gasteiger partial charge >= 0.3 is 0 Å². The van der Waals surface area contributed by atoms with Crippen molar-refractivity contribution < 1.29 is 4.79 Å². The molecule has 102 valence electrons. The van der Waals surface area contributed by atoms with E-state index in [9.17, 15) is 4.79 Å². The summed E-state index contributed by atoms with van der Waals surface area (Å²) in [6.45, 7) is 9.59. The van der Waals surface area contributed by atoms with Crippen molar-refractivity contribution >= 4 is 17.1 Å². The summed E-state index contributed by atoms with van der Waals surface area (Å²) in [5, 5.41) is 0.826. The lowest BCUT2D eigenvalue weighted by Crippen LogP contribution is -1.96. The number of ketones is 1. The van der Waals surface area contributed by atoms with Crippen molar-refractivity contribution in [2.75, 3.05) is 0 Å². The minimum atomic E-state index is 0.0245. The molecule has 2 aromatic rings. The van der Waals surface area contributed by atoms with Gasteiger partial charge in [-0.25, -0.2) is 4.98 Å². The van der Waals surface area contributed by atoms with E-state index in [1.54, 1.807) is 18.3 Å². The molecule has 3 nitrogen and oxygen atoms in total. The second kappa shape index (κ2) is 7.14. The van der Waals surface area contributed by atoms with Crippen molar-refractivity contribution in [2.45, 2.75) is 41.0 Å². The Morgan fingerprint density at radius 1 is 1.32 bits per heavy atom. The fraction of sp³-hybridized carbons (Fsp3) is 0.400. The van der Waals surface area contributed by atoms with Crippen molar-refractivity contribution in [3.8, 4) is 10.7 Å². The summed E-state index contributed by atoms with van der Waals surface area (Å²) < 4.78 is 0. The third-order valence-electron chi connectivity index (χ3n) is 2.48. The lowest BCUT2D eigenvalue weighted by atomic mass is 10.2. The number of aromatic nitrogens is 2. The Kier molecular flexibility index (Phi) is 5.83. The molecule has 0 saturated carbocycles. The summed E-state index contributed by atoms with van der Waals surface area (Å²) in [6, 6.07) is 3.94. The molecule has 0 bridgehead atoms. The van der Waals surface area contributed by atoms with E-state index in [-0.39, 0.29) is 5.78 Å².